The number of aryl methyl sites for hydroxylation is 2. The highest BCUT2D eigenvalue weighted by molar-refractivity contribution is 5.88. The van der Waals surface area contributed by atoms with Crippen molar-refractivity contribution in [2.75, 3.05) is 27.2 Å². The van der Waals surface area contributed by atoms with Crippen molar-refractivity contribution >= 4 is 11.9 Å². The molecule has 2 aromatic rings. The number of hydrogen-bond acceptors (Lipinski definition) is 4. The fourth-order valence-electron chi connectivity index (χ4n) is 3.63. The summed E-state index contributed by atoms with van der Waals surface area (Å²) in [5.41, 5.74) is 5.63. The molecule has 0 saturated carbocycles. The lowest BCUT2D eigenvalue weighted by atomic mass is 9.95. The minimum Gasteiger partial charge on any atom is -0.545 e. The second-order valence-electron chi connectivity index (χ2n) is 8.20. The highest BCUT2D eigenvalue weighted by Crippen LogP contribution is 2.29. The summed E-state index contributed by atoms with van der Waals surface area (Å²) in [6, 6.07) is 17.7. The first-order valence-corrected chi connectivity index (χ1v) is 11.1. The van der Waals surface area contributed by atoms with Gasteiger partial charge in [0.2, 0.25) is 0 Å². The number of hydrogen-bond donors (Lipinski definition) is 2. The molecule has 0 radical (unpaired) electrons. The Balaban J connectivity index is 0.000000390. The molecule has 2 N–H and O–H groups in total. The van der Waals surface area contributed by atoms with E-state index in [9.17, 15) is 14.7 Å². The van der Waals surface area contributed by atoms with E-state index in [0.717, 1.165) is 13.2 Å². The molecule has 1 atom stereocenters. The molecule has 0 spiro atoms. The number of carbonyl (C=O) groups is 2. The van der Waals surface area contributed by atoms with Gasteiger partial charge in [-0.05, 0) is 54.0 Å². The van der Waals surface area contributed by atoms with Gasteiger partial charge in [0.05, 0.1) is 26.7 Å². The molecule has 0 amide bonds. The summed E-state index contributed by atoms with van der Waals surface area (Å²) in [5.74, 6) is -2.80. The summed E-state index contributed by atoms with van der Waals surface area (Å²) in [7, 11) is 4.34. The van der Waals surface area contributed by atoms with E-state index in [4.69, 9.17) is 9.84 Å². The normalized spacial score (nSPS) is 14.2. The fourth-order valence-corrected chi connectivity index (χ4v) is 3.63. The number of ether oxygens (including phenoxy) is 1. The number of carboxylic acids is 2. The quantitative estimate of drug-likeness (QED) is 0.481. The summed E-state index contributed by atoms with van der Waals surface area (Å²) < 4.78 is 6.33. The van der Waals surface area contributed by atoms with Gasteiger partial charge in [0.1, 0.15) is 12.6 Å². The van der Waals surface area contributed by atoms with E-state index in [-0.39, 0.29) is 6.10 Å². The SMILES string of the molecule is C[NH+](C)CCOC(c1ccccc1)c1ccc2c(c1)CCCCC2.O=C([O-])/C=C\C(=O)O. The topological polar surface area (TPSA) is 91.1 Å². The first kappa shape index (κ1) is 25.3. The predicted octanol–water partition coefficient (Wildman–Crippen LogP) is 1.58. The van der Waals surface area contributed by atoms with E-state index in [0.29, 0.717) is 12.2 Å². The van der Waals surface area contributed by atoms with Crippen molar-refractivity contribution in [3.63, 3.8) is 0 Å². The van der Waals surface area contributed by atoms with Crippen LogP contribution in [0, 0.1) is 0 Å². The van der Waals surface area contributed by atoms with E-state index >= 15 is 0 Å². The summed E-state index contributed by atoms with van der Waals surface area (Å²) in [5, 5.41) is 17.2. The second kappa shape index (κ2) is 13.5. The van der Waals surface area contributed by atoms with Gasteiger partial charge < -0.3 is 24.6 Å². The van der Waals surface area contributed by atoms with Crippen LogP contribution in [0.5, 0.6) is 0 Å². The second-order valence-corrected chi connectivity index (χ2v) is 8.20. The van der Waals surface area contributed by atoms with Crippen LogP contribution in [0.15, 0.2) is 60.7 Å². The number of aliphatic carboxylic acids is 2. The van der Waals surface area contributed by atoms with Crippen LogP contribution in [0.3, 0.4) is 0 Å². The van der Waals surface area contributed by atoms with Crippen molar-refractivity contribution in [1.29, 1.82) is 0 Å². The molecular weight excluding hydrogens is 406 g/mol. The molecule has 1 aliphatic rings. The maximum Gasteiger partial charge on any atom is 0.328 e. The van der Waals surface area contributed by atoms with Gasteiger partial charge in [0.15, 0.2) is 0 Å². The van der Waals surface area contributed by atoms with Crippen LogP contribution in [0.25, 0.3) is 0 Å². The van der Waals surface area contributed by atoms with Crippen LogP contribution in [-0.4, -0.2) is 44.3 Å². The lowest BCUT2D eigenvalue weighted by molar-refractivity contribution is -0.858. The minimum absolute atomic E-state index is 0.0408. The van der Waals surface area contributed by atoms with Gasteiger partial charge in [-0.3, -0.25) is 0 Å². The van der Waals surface area contributed by atoms with Crippen molar-refractivity contribution in [1.82, 2.24) is 0 Å². The molecule has 0 saturated heterocycles. The summed E-state index contributed by atoms with van der Waals surface area (Å²) in [6.45, 7) is 1.80. The Bertz CT molecular complexity index is 876. The lowest BCUT2D eigenvalue weighted by Crippen LogP contribution is -3.06. The Labute approximate surface area is 190 Å². The molecule has 0 aliphatic heterocycles. The van der Waals surface area contributed by atoms with E-state index in [1.165, 1.54) is 53.7 Å². The molecule has 6 heteroatoms. The molecule has 0 heterocycles. The third kappa shape index (κ3) is 9.04. The number of rotatable bonds is 8. The zero-order chi connectivity index (χ0) is 23.3. The Morgan fingerprint density at radius 2 is 1.69 bits per heavy atom. The molecule has 0 bridgehead atoms. The zero-order valence-electron chi connectivity index (χ0n) is 18.9. The summed E-state index contributed by atoms with van der Waals surface area (Å²) in [6.07, 6.45) is 7.43. The average Bonchev–Trinajstić information content (AvgIpc) is 3.01. The Kier molecular flexibility index (Phi) is 10.6. The van der Waals surface area contributed by atoms with Gasteiger partial charge in [-0.2, -0.15) is 0 Å². The zero-order valence-corrected chi connectivity index (χ0v) is 18.9. The van der Waals surface area contributed by atoms with Gasteiger partial charge >= 0.3 is 5.97 Å². The number of benzene rings is 2. The molecule has 0 aromatic heterocycles. The van der Waals surface area contributed by atoms with Crippen LogP contribution in [0.4, 0.5) is 0 Å². The van der Waals surface area contributed by atoms with Crippen LogP contribution in [-0.2, 0) is 27.2 Å². The Morgan fingerprint density at radius 1 is 1.00 bits per heavy atom. The average molecular weight is 440 g/mol. The molecule has 172 valence electrons. The maximum absolute atomic E-state index is 9.53. The molecule has 3 rings (SSSR count). The van der Waals surface area contributed by atoms with Crippen molar-refractivity contribution < 1.29 is 29.4 Å². The maximum atomic E-state index is 9.53. The summed E-state index contributed by atoms with van der Waals surface area (Å²) >= 11 is 0. The first-order chi connectivity index (χ1) is 15.4. The largest absolute Gasteiger partial charge is 0.545 e. The van der Waals surface area contributed by atoms with E-state index < -0.39 is 11.9 Å². The summed E-state index contributed by atoms with van der Waals surface area (Å²) in [4.78, 5) is 20.4. The van der Waals surface area contributed by atoms with Crippen molar-refractivity contribution in [3.8, 4) is 0 Å². The van der Waals surface area contributed by atoms with Gasteiger partial charge in [-0.15, -0.1) is 0 Å². The van der Waals surface area contributed by atoms with Crippen molar-refractivity contribution in [2.45, 2.75) is 38.2 Å². The van der Waals surface area contributed by atoms with Crippen molar-refractivity contribution in [2.24, 2.45) is 0 Å². The minimum atomic E-state index is -1.51. The number of carboxylic acid groups (broad SMARTS) is 2. The highest BCUT2D eigenvalue weighted by Gasteiger charge is 2.17. The van der Waals surface area contributed by atoms with E-state index in [1.807, 2.05) is 0 Å². The van der Waals surface area contributed by atoms with Crippen LogP contribution < -0.4 is 10.0 Å². The van der Waals surface area contributed by atoms with Crippen LogP contribution in [0.2, 0.25) is 0 Å². The van der Waals surface area contributed by atoms with Gasteiger partial charge in [0, 0.05) is 6.08 Å². The molecule has 2 aromatic carbocycles. The van der Waals surface area contributed by atoms with Gasteiger partial charge in [-0.1, -0.05) is 55.0 Å². The number of fused-ring (bicyclic) bond motifs is 1. The molecule has 0 fully saturated rings. The van der Waals surface area contributed by atoms with Crippen molar-refractivity contribution in [3.05, 3.63) is 82.9 Å². The number of nitrogens with one attached hydrogen (secondary N) is 1. The van der Waals surface area contributed by atoms with Crippen LogP contribution >= 0.6 is 0 Å². The lowest BCUT2D eigenvalue weighted by Gasteiger charge is -2.21. The van der Waals surface area contributed by atoms with E-state index in [1.54, 1.807) is 5.56 Å². The number of quaternary nitrogens is 1. The fraction of sp³-hybridized carbons (Fsp3) is 0.385. The van der Waals surface area contributed by atoms with Crippen LogP contribution in [0.1, 0.15) is 47.6 Å². The number of likely N-dealkylation sites (N-methyl/N-ethyl adjacent to an activating group) is 1. The molecule has 32 heavy (non-hydrogen) atoms. The molecule has 6 nitrogen and oxygen atoms in total. The van der Waals surface area contributed by atoms with Gasteiger partial charge in [-0.25, -0.2) is 4.79 Å². The molecule has 1 aliphatic carbocycles. The Hall–Kier alpha value is -2.96. The van der Waals surface area contributed by atoms with Gasteiger partial charge in [0.25, 0.3) is 0 Å². The van der Waals surface area contributed by atoms with E-state index in [2.05, 4.69) is 62.6 Å². The monoisotopic (exact) mass is 439 g/mol. The first-order valence-electron chi connectivity index (χ1n) is 11.1. The highest BCUT2D eigenvalue weighted by atomic mass is 16.5. The molecule has 1 unspecified atom stereocenters. The molecular formula is C26H33NO5. The third-order valence-electron chi connectivity index (χ3n) is 5.28. The standard InChI is InChI=1S/C22H29NO.C4H4O4/c1-23(2)15-16-24-22(19-10-6-4-7-11-19)21-14-13-18-9-5-3-8-12-20(18)17-21;5-3(6)1-2-4(7)8/h4,6-7,10-11,13-14,17,22H,3,5,8-9,12,15-16H2,1-2H3;1-2H,(H,5,6)(H,7,8)/b;2-1-. The smallest absolute Gasteiger partial charge is 0.328 e. The number of carbonyl (C=O) groups excluding carboxylic acids is 1. The Morgan fingerprint density at radius 3 is 2.28 bits per heavy atom. The third-order valence-corrected chi connectivity index (χ3v) is 5.28. The predicted molar refractivity (Wildman–Crippen MR) is 121 cm³/mol.